The summed E-state index contributed by atoms with van der Waals surface area (Å²) < 4.78 is 0. The first-order chi connectivity index (χ1) is 6.92. The van der Waals surface area contributed by atoms with Crippen molar-refractivity contribution in [3.63, 3.8) is 0 Å². The van der Waals surface area contributed by atoms with Crippen molar-refractivity contribution in [2.45, 2.75) is 65.3 Å². The van der Waals surface area contributed by atoms with E-state index in [1.807, 2.05) is 0 Å². The molecule has 0 amide bonds. The van der Waals surface area contributed by atoms with Crippen LogP contribution in [0.15, 0.2) is 0 Å². The molecule has 0 saturated heterocycles. The van der Waals surface area contributed by atoms with Crippen LogP contribution in [0, 0.1) is 5.92 Å². The van der Waals surface area contributed by atoms with Crippen LogP contribution in [0.25, 0.3) is 0 Å². The molecule has 92 valence electrons. The fraction of sp³-hybridized carbons (Fsp3) is 1.00. The van der Waals surface area contributed by atoms with Crippen LogP contribution < -0.4 is 11.1 Å². The molecule has 0 aromatic heterocycles. The summed E-state index contributed by atoms with van der Waals surface area (Å²) in [5.41, 5.74) is 5.80. The van der Waals surface area contributed by atoms with Crippen LogP contribution in [0.5, 0.6) is 0 Å². The van der Waals surface area contributed by atoms with E-state index in [9.17, 15) is 0 Å². The predicted octanol–water partition coefficient (Wildman–Crippen LogP) is 2.92. The van der Waals surface area contributed by atoms with Gasteiger partial charge in [-0.1, -0.05) is 39.5 Å². The number of nitrogens with two attached hydrogens (primary N) is 1. The average molecular weight is 214 g/mol. The molecular weight excluding hydrogens is 184 g/mol. The summed E-state index contributed by atoms with van der Waals surface area (Å²) in [6, 6.07) is 0. The highest BCUT2D eigenvalue weighted by Gasteiger charge is 2.08. The molecule has 0 fully saturated rings. The largest absolute Gasteiger partial charge is 0.324 e. The maximum absolute atomic E-state index is 5.87. The standard InChI is InChI=1S/C13H30N2/c1-12(2)9-7-5-6-8-10-15-11-13(3,4)14/h12,15H,5-11,14H2,1-4H3. The Kier molecular flexibility index (Phi) is 8.07. The predicted molar refractivity (Wildman–Crippen MR) is 69.1 cm³/mol. The van der Waals surface area contributed by atoms with E-state index in [4.69, 9.17) is 5.73 Å². The highest BCUT2D eigenvalue weighted by Crippen LogP contribution is 2.08. The van der Waals surface area contributed by atoms with Crippen molar-refractivity contribution in [1.82, 2.24) is 5.32 Å². The van der Waals surface area contributed by atoms with Crippen LogP contribution in [0.1, 0.15) is 59.8 Å². The smallest absolute Gasteiger partial charge is 0.0223 e. The summed E-state index contributed by atoms with van der Waals surface area (Å²) >= 11 is 0. The number of unbranched alkanes of at least 4 members (excludes halogenated alkanes) is 3. The first-order valence-corrected chi connectivity index (χ1v) is 6.41. The fourth-order valence-electron chi connectivity index (χ4n) is 1.57. The average Bonchev–Trinajstić information content (AvgIpc) is 2.07. The lowest BCUT2D eigenvalue weighted by molar-refractivity contribution is 0.455. The van der Waals surface area contributed by atoms with Gasteiger partial charge in [-0.15, -0.1) is 0 Å². The molecule has 0 spiro atoms. The third-order valence-corrected chi connectivity index (χ3v) is 2.47. The van der Waals surface area contributed by atoms with Crippen molar-refractivity contribution in [3.05, 3.63) is 0 Å². The van der Waals surface area contributed by atoms with Crippen molar-refractivity contribution in [1.29, 1.82) is 0 Å². The van der Waals surface area contributed by atoms with E-state index in [1.54, 1.807) is 0 Å². The normalized spacial score (nSPS) is 12.4. The van der Waals surface area contributed by atoms with Gasteiger partial charge in [-0.05, 0) is 32.7 Å². The lowest BCUT2D eigenvalue weighted by Gasteiger charge is -2.18. The zero-order valence-electron chi connectivity index (χ0n) is 11.1. The molecule has 0 atom stereocenters. The number of rotatable bonds is 9. The molecular formula is C13H30N2. The number of nitrogens with one attached hydrogen (secondary N) is 1. The summed E-state index contributed by atoms with van der Waals surface area (Å²) in [5.74, 6) is 0.862. The molecule has 0 rings (SSSR count). The molecule has 2 heteroatoms. The van der Waals surface area contributed by atoms with Crippen LogP contribution in [0.4, 0.5) is 0 Å². The minimum Gasteiger partial charge on any atom is -0.324 e. The summed E-state index contributed by atoms with van der Waals surface area (Å²) in [4.78, 5) is 0. The summed E-state index contributed by atoms with van der Waals surface area (Å²) in [6.45, 7) is 10.7. The van der Waals surface area contributed by atoms with Crippen LogP contribution in [0.2, 0.25) is 0 Å². The Morgan fingerprint density at radius 3 is 2.20 bits per heavy atom. The number of hydrogen-bond donors (Lipinski definition) is 2. The lowest BCUT2D eigenvalue weighted by Crippen LogP contribution is -2.43. The monoisotopic (exact) mass is 214 g/mol. The van der Waals surface area contributed by atoms with E-state index >= 15 is 0 Å². The fourth-order valence-corrected chi connectivity index (χ4v) is 1.57. The molecule has 0 radical (unpaired) electrons. The molecule has 0 saturated carbocycles. The second-order valence-corrected chi connectivity index (χ2v) is 5.76. The Bertz CT molecular complexity index is 136. The third kappa shape index (κ3) is 13.9. The van der Waals surface area contributed by atoms with Gasteiger partial charge in [-0.2, -0.15) is 0 Å². The second kappa shape index (κ2) is 8.12. The molecule has 0 bridgehead atoms. The molecule has 0 aliphatic rings. The van der Waals surface area contributed by atoms with Gasteiger partial charge in [-0.25, -0.2) is 0 Å². The highest BCUT2D eigenvalue weighted by molar-refractivity contribution is 4.74. The zero-order valence-corrected chi connectivity index (χ0v) is 11.1. The minimum atomic E-state index is -0.0718. The SMILES string of the molecule is CC(C)CCCCCCNCC(C)(C)N. The molecule has 0 aromatic rings. The van der Waals surface area contributed by atoms with Gasteiger partial charge in [0, 0.05) is 12.1 Å². The Labute approximate surface area is 96.0 Å². The van der Waals surface area contributed by atoms with E-state index in [0.29, 0.717) is 0 Å². The number of hydrogen-bond acceptors (Lipinski definition) is 2. The van der Waals surface area contributed by atoms with Gasteiger partial charge in [0.2, 0.25) is 0 Å². The topological polar surface area (TPSA) is 38.0 Å². The Balaban J connectivity index is 3.06. The maximum Gasteiger partial charge on any atom is 0.0223 e. The van der Waals surface area contributed by atoms with Crippen molar-refractivity contribution in [2.24, 2.45) is 11.7 Å². The second-order valence-electron chi connectivity index (χ2n) is 5.76. The van der Waals surface area contributed by atoms with Crippen LogP contribution in [0.3, 0.4) is 0 Å². The molecule has 15 heavy (non-hydrogen) atoms. The first kappa shape index (κ1) is 14.9. The van der Waals surface area contributed by atoms with E-state index in [0.717, 1.165) is 19.0 Å². The van der Waals surface area contributed by atoms with E-state index in [-0.39, 0.29) is 5.54 Å². The van der Waals surface area contributed by atoms with Crippen molar-refractivity contribution >= 4 is 0 Å². The quantitative estimate of drug-likeness (QED) is 0.579. The van der Waals surface area contributed by atoms with Crippen LogP contribution in [-0.2, 0) is 0 Å². The third-order valence-electron chi connectivity index (χ3n) is 2.47. The van der Waals surface area contributed by atoms with Crippen LogP contribution in [-0.4, -0.2) is 18.6 Å². The van der Waals surface area contributed by atoms with Crippen molar-refractivity contribution in [3.8, 4) is 0 Å². The van der Waals surface area contributed by atoms with Gasteiger partial charge in [0.1, 0.15) is 0 Å². The van der Waals surface area contributed by atoms with Crippen molar-refractivity contribution < 1.29 is 0 Å². The lowest BCUT2D eigenvalue weighted by atomic mass is 10.0. The molecule has 2 nitrogen and oxygen atoms in total. The molecule has 0 aromatic carbocycles. The van der Waals surface area contributed by atoms with E-state index < -0.39 is 0 Å². The summed E-state index contributed by atoms with van der Waals surface area (Å²) in [6.07, 6.45) is 6.79. The molecule has 3 N–H and O–H groups in total. The summed E-state index contributed by atoms with van der Waals surface area (Å²) in [5, 5.41) is 3.40. The molecule has 0 aliphatic carbocycles. The van der Waals surface area contributed by atoms with Gasteiger partial charge >= 0.3 is 0 Å². The van der Waals surface area contributed by atoms with Gasteiger partial charge < -0.3 is 11.1 Å². The first-order valence-electron chi connectivity index (χ1n) is 6.41. The van der Waals surface area contributed by atoms with Gasteiger partial charge in [0.05, 0.1) is 0 Å². The highest BCUT2D eigenvalue weighted by atomic mass is 14.9. The Morgan fingerprint density at radius 1 is 1.07 bits per heavy atom. The zero-order chi connectivity index (χ0) is 11.7. The Morgan fingerprint density at radius 2 is 1.67 bits per heavy atom. The van der Waals surface area contributed by atoms with Crippen LogP contribution >= 0.6 is 0 Å². The van der Waals surface area contributed by atoms with E-state index in [1.165, 1.54) is 32.1 Å². The van der Waals surface area contributed by atoms with Crippen molar-refractivity contribution in [2.75, 3.05) is 13.1 Å². The maximum atomic E-state index is 5.87. The molecule has 0 aliphatic heterocycles. The van der Waals surface area contributed by atoms with Gasteiger partial charge in [0.15, 0.2) is 0 Å². The molecule has 0 heterocycles. The summed E-state index contributed by atoms with van der Waals surface area (Å²) in [7, 11) is 0. The Hall–Kier alpha value is -0.0800. The van der Waals surface area contributed by atoms with Gasteiger partial charge in [-0.3, -0.25) is 0 Å². The minimum absolute atomic E-state index is 0.0718. The molecule has 0 unspecified atom stereocenters. The van der Waals surface area contributed by atoms with E-state index in [2.05, 4.69) is 33.0 Å². The van der Waals surface area contributed by atoms with Gasteiger partial charge in [0.25, 0.3) is 0 Å².